The molecule has 8 heteroatoms. The Hall–Kier alpha value is -2.97. The number of carbonyl (C=O) groups excluding carboxylic acids is 1. The van der Waals surface area contributed by atoms with E-state index in [0.29, 0.717) is 10.7 Å². The smallest absolute Gasteiger partial charge is 0.337 e. The largest absolute Gasteiger partial charge is 0.466 e. The molecule has 1 aromatic heterocycles. The van der Waals surface area contributed by atoms with Crippen molar-refractivity contribution in [1.82, 2.24) is 14.9 Å². The maximum absolute atomic E-state index is 12.8. The van der Waals surface area contributed by atoms with Crippen molar-refractivity contribution < 1.29 is 9.53 Å². The summed E-state index contributed by atoms with van der Waals surface area (Å²) < 4.78 is 7.95. The normalized spacial score (nSPS) is 16.4. The summed E-state index contributed by atoms with van der Waals surface area (Å²) in [7, 11) is 1.39. The molecule has 4 rings (SSSR count). The van der Waals surface area contributed by atoms with Crippen LogP contribution in [0.15, 0.2) is 83.0 Å². The number of nitrogens with one attached hydrogen (secondary N) is 1. The van der Waals surface area contributed by atoms with Gasteiger partial charge in [-0.05, 0) is 55.0 Å². The summed E-state index contributed by atoms with van der Waals surface area (Å²) in [5.41, 5.74) is 3.99. The molecule has 3 aromatic rings. The number of esters is 1. The lowest BCUT2D eigenvalue weighted by molar-refractivity contribution is -0.136. The first kappa shape index (κ1) is 20.3. The van der Waals surface area contributed by atoms with Gasteiger partial charge in [0.2, 0.25) is 0 Å². The number of benzene rings is 2. The van der Waals surface area contributed by atoms with Gasteiger partial charge in [-0.1, -0.05) is 34.1 Å². The highest BCUT2D eigenvalue weighted by Crippen LogP contribution is 2.35. The molecule has 2 heterocycles. The van der Waals surface area contributed by atoms with E-state index in [2.05, 4.69) is 26.2 Å². The first-order valence-electron chi connectivity index (χ1n) is 9.23. The Morgan fingerprint density at radius 2 is 1.97 bits per heavy atom. The second-order valence-corrected chi connectivity index (χ2v) is 8.05. The molecule has 0 fully saturated rings. The number of halogens is 1. The van der Waals surface area contributed by atoms with Gasteiger partial charge in [0.1, 0.15) is 0 Å². The van der Waals surface area contributed by atoms with Crippen LogP contribution < -0.4 is 10.2 Å². The lowest BCUT2D eigenvalue weighted by Crippen LogP contribution is -2.48. The van der Waals surface area contributed by atoms with Gasteiger partial charge < -0.3 is 14.6 Å². The Labute approximate surface area is 188 Å². The highest BCUT2D eigenvalue weighted by atomic mass is 79.9. The fourth-order valence-electron chi connectivity index (χ4n) is 3.54. The molecule has 1 N–H and O–H groups in total. The average Bonchev–Trinajstić information content (AvgIpc) is 3.28. The minimum Gasteiger partial charge on any atom is -0.466 e. The number of thiocarbonyl (C=S) groups is 1. The summed E-state index contributed by atoms with van der Waals surface area (Å²) >= 11 is 9.17. The maximum Gasteiger partial charge on any atom is 0.337 e. The van der Waals surface area contributed by atoms with Crippen LogP contribution in [-0.4, -0.2) is 27.7 Å². The molecule has 1 aliphatic heterocycles. The van der Waals surface area contributed by atoms with Crippen molar-refractivity contribution in [2.45, 2.75) is 13.0 Å². The molecule has 6 nitrogen and oxygen atoms in total. The van der Waals surface area contributed by atoms with Crippen LogP contribution in [0.4, 0.5) is 5.69 Å². The van der Waals surface area contributed by atoms with Gasteiger partial charge in [-0.2, -0.15) is 0 Å². The Bertz CT molecular complexity index is 1130. The van der Waals surface area contributed by atoms with E-state index in [0.717, 1.165) is 27.1 Å². The van der Waals surface area contributed by atoms with Crippen LogP contribution in [-0.2, 0) is 9.53 Å². The van der Waals surface area contributed by atoms with Crippen LogP contribution in [0.25, 0.3) is 5.69 Å². The Balaban J connectivity index is 1.77. The van der Waals surface area contributed by atoms with E-state index < -0.39 is 12.0 Å². The third-order valence-electron chi connectivity index (χ3n) is 4.99. The lowest BCUT2D eigenvalue weighted by Gasteiger charge is -2.37. The van der Waals surface area contributed by atoms with Gasteiger partial charge in [-0.3, -0.25) is 4.90 Å². The highest BCUT2D eigenvalue weighted by molar-refractivity contribution is 9.10. The topological polar surface area (TPSA) is 59.4 Å². The van der Waals surface area contributed by atoms with E-state index in [1.54, 1.807) is 12.5 Å². The molecular formula is C22H19BrN4O2S. The monoisotopic (exact) mass is 482 g/mol. The minimum atomic E-state index is -0.412. The zero-order chi connectivity index (χ0) is 21.3. The Kier molecular flexibility index (Phi) is 5.69. The number of hydrogen-bond acceptors (Lipinski definition) is 4. The molecule has 0 aliphatic carbocycles. The molecule has 0 spiro atoms. The first-order valence-corrected chi connectivity index (χ1v) is 10.4. The third-order valence-corrected chi connectivity index (χ3v) is 5.78. The summed E-state index contributed by atoms with van der Waals surface area (Å²) in [4.78, 5) is 18.7. The number of rotatable bonds is 4. The molecule has 30 heavy (non-hydrogen) atoms. The van der Waals surface area contributed by atoms with Gasteiger partial charge >= 0.3 is 5.97 Å². The molecule has 1 atom stereocenters. The van der Waals surface area contributed by atoms with Crippen LogP contribution in [0, 0.1) is 0 Å². The zero-order valence-electron chi connectivity index (χ0n) is 16.4. The predicted molar refractivity (Wildman–Crippen MR) is 123 cm³/mol. The SMILES string of the molecule is COC(=O)C1=C(C)N(c2cccc(Br)c2)C(=S)NC1c1ccc(-n2ccnc2)cc1. The van der Waals surface area contributed by atoms with Crippen molar-refractivity contribution in [3.05, 3.63) is 88.6 Å². The molecule has 0 saturated heterocycles. The fraction of sp³-hybridized carbons (Fsp3) is 0.136. The summed E-state index contributed by atoms with van der Waals surface area (Å²) in [5, 5.41) is 3.83. The van der Waals surface area contributed by atoms with Gasteiger partial charge in [0.25, 0.3) is 0 Å². The standard InChI is InChI=1S/C22H19BrN4O2S/c1-14-19(21(28)29-2)20(15-6-8-17(9-7-15)26-11-10-24-13-26)25-22(30)27(14)18-5-3-4-16(23)12-18/h3-13,20H,1-2H3,(H,25,30). The zero-order valence-corrected chi connectivity index (χ0v) is 18.8. The van der Waals surface area contributed by atoms with Crippen molar-refractivity contribution in [3.8, 4) is 5.69 Å². The van der Waals surface area contributed by atoms with Crippen molar-refractivity contribution >= 4 is 44.9 Å². The number of anilines is 1. The lowest BCUT2D eigenvalue weighted by atomic mass is 9.94. The molecule has 2 aromatic carbocycles. The van der Waals surface area contributed by atoms with Crippen molar-refractivity contribution in [3.63, 3.8) is 0 Å². The van der Waals surface area contributed by atoms with Gasteiger partial charge in [0.15, 0.2) is 5.11 Å². The van der Waals surface area contributed by atoms with Crippen molar-refractivity contribution in [1.29, 1.82) is 0 Å². The van der Waals surface area contributed by atoms with Gasteiger partial charge in [-0.15, -0.1) is 0 Å². The number of carbonyl (C=O) groups is 1. The van der Waals surface area contributed by atoms with Gasteiger partial charge in [0.05, 0.1) is 25.1 Å². The van der Waals surface area contributed by atoms with Crippen LogP contribution in [0.5, 0.6) is 0 Å². The van der Waals surface area contributed by atoms with Crippen LogP contribution in [0.3, 0.4) is 0 Å². The number of imidazole rings is 1. The van der Waals surface area contributed by atoms with E-state index in [-0.39, 0.29) is 0 Å². The first-order chi connectivity index (χ1) is 14.5. The van der Waals surface area contributed by atoms with Crippen molar-refractivity contribution in [2.24, 2.45) is 0 Å². The predicted octanol–water partition coefficient (Wildman–Crippen LogP) is 4.52. The molecule has 1 unspecified atom stereocenters. The second-order valence-electron chi connectivity index (χ2n) is 6.75. The van der Waals surface area contributed by atoms with Crippen LogP contribution in [0.1, 0.15) is 18.5 Å². The van der Waals surface area contributed by atoms with E-state index in [9.17, 15) is 4.79 Å². The maximum atomic E-state index is 12.8. The number of allylic oxidation sites excluding steroid dienone is 1. The number of ether oxygens (including phenoxy) is 1. The molecule has 0 radical (unpaired) electrons. The second kappa shape index (κ2) is 8.41. The quantitative estimate of drug-likeness (QED) is 0.435. The number of hydrogen-bond donors (Lipinski definition) is 1. The Morgan fingerprint density at radius 3 is 2.60 bits per heavy atom. The molecule has 0 saturated carbocycles. The number of nitrogens with zero attached hydrogens (tertiary/aromatic N) is 3. The van der Waals surface area contributed by atoms with E-state index in [4.69, 9.17) is 17.0 Å². The third kappa shape index (κ3) is 3.76. The summed E-state index contributed by atoms with van der Waals surface area (Å²) in [6.45, 7) is 1.88. The molecular weight excluding hydrogens is 464 g/mol. The fourth-order valence-corrected chi connectivity index (χ4v) is 4.29. The van der Waals surface area contributed by atoms with E-state index >= 15 is 0 Å². The highest BCUT2D eigenvalue weighted by Gasteiger charge is 2.35. The van der Waals surface area contributed by atoms with E-state index in [1.807, 2.05) is 71.1 Å². The van der Waals surface area contributed by atoms with Crippen LogP contribution >= 0.6 is 28.1 Å². The van der Waals surface area contributed by atoms with E-state index in [1.165, 1.54) is 7.11 Å². The minimum absolute atomic E-state index is 0.397. The average molecular weight is 483 g/mol. The number of methoxy groups -OCH3 is 1. The molecule has 0 amide bonds. The number of aromatic nitrogens is 2. The molecule has 1 aliphatic rings. The summed E-state index contributed by atoms with van der Waals surface area (Å²) in [6, 6.07) is 15.2. The van der Waals surface area contributed by atoms with Crippen molar-refractivity contribution in [2.75, 3.05) is 12.0 Å². The summed E-state index contributed by atoms with van der Waals surface area (Å²) in [5.74, 6) is -0.397. The van der Waals surface area contributed by atoms with Gasteiger partial charge in [-0.25, -0.2) is 9.78 Å². The van der Waals surface area contributed by atoms with Crippen LogP contribution in [0.2, 0.25) is 0 Å². The molecule has 152 valence electrons. The Morgan fingerprint density at radius 1 is 1.20 bits per heavy atom. The van der Waals surface area contributed by atoms with Gasteiger partial charge in [0, 0.05) is 33.9 Å². The molecule has 0 bridgehead atoms. The summed E-state index contributed by atoms with van der Waals surface area (Å²) in [6.07, 6.45) is 5.35.